The predicted octanol–water partition coefficient (Wildman–Crippen LogP) is 0.194. The van der Waals surface area contributed by atoms with E-state index < -0.39 is 0 Å². The van der Waals surface area contributed by atoms with Gasteiger partial charge in [0.1, 0.15) is 12.2 Å². The molecule has 4 rings (SSSR count). The summed E-state index contributed by atoms with van der Waals surface area (Å²) in [7, 11) is 0. The van der Waals surface area contributed by atoms with E-state index in [9.17, 15) is 9.59 Å². The number of morpholine rings is 1. The normalized spacial score (nSPS) is 21.9. The highest BCUT2D eigenvalue weighted by Crippen LogP contribution is 2.30. The van der Waals surface area contributed by atoms with Crippen molar-refractivity contribution in [2.45, 2.75) is 37.6 Å². The number of carbonyl (C=O) groups is 2. The van der Waals surface area contributed by atoms with E-state index in [0.29, 0.717) is 45.3 Å². The number of likely N-dealkylation sites (tertiary alicyclic amines) is 1. The molecule has 3 aliphatic rings. The largest absolute Gasteiger partial charge is 0.381 e. The fourth-order valence-electron chi connectivity index (χ4n) is 3.96. The molecule has 0 N–H and O–H groups in total. The van der Waals surface area contributed by atoms with Crippen LogP contribution in [0.3, 0.4) is 0 Å². The molecule has 1 aromatic heterocycles. The molecule has 0 radical (unpaired) electrons. The van der Waals surface area contributed by atoms with Gasteiger partial charge in [-0.3, -0.25) is 9.59 Å². The average molecular weight is 377 g/mol. The van der Waals surface area contributed by atoms with Crippen LogP contribution in [-0.2, 0) is 19.1 Å². The van der Waals surface area contributed by atoms with Crippen LogP contribution < -0.4 is 0 Å². The molecule has 4 heterocycles. The highest BCUT2D eigenvalue weighted by Gasteiger charge is 2.35. The Morgan fingerprint density at radius 1 is 0.963 bits per heavy atom. The Morgan fingerprint density at radius 2 is 1.59 bits per heavy atom. The van der Waals surface area contributed by atoms with Crippen molar-refractivity contribution in [2.24, 2.45) is 0 Å². The number of carbonyl (C=O) groups excluding carboxylic acids is 2. The second-order valence-electron chi connectivity index (χ2n) is 7.43. The number of amides is 2. The standard InChI is InChI=1S/C18H27N5O4/c24-16(21-5-9-27-10-6-21)1-2-17(25)22-11-15(12-22)23-13-19-20-18(23)14-3-7-26-8-4-14/h13-15H,1-12H2. The molecule has 0 atom stereocenters. The van der Waals surface area contributed by atoms with Crippen LogP contribution in [0.4, 0.5) is 0 Å². The number of nitrogens with zero attached hydrogens (tertiary/aromatic N) is 5. The zero-order valence-electron chi connectivity index (χ0n) is 15.6. The van der Waals surface area contributed by atoms with Crippen molar-refractivity contribution in [2.75, 3.05) is 52.6 Å². The third-order valence-corrected chi connectivity index (χ3v) is 5.71. The van der Waals surface area contributed by atoms with Crippen molar-refractivity contribution in [3.63, 3.8) is 0 Å². The lowest BCUT2D eigenvalue weighted by Gasteiger charge is -2.41. The van der Waals surface area contributed by atoms with Gasteiger partial charge in [-0.05, 0) is 12.8 Å². The van der Waals surface area contributed by atoms with E-state index in [0.717, 1.165) is 31.9 Å². The van der Waals surface area contributed by atoms with E-state index in [2.05, 4.69) is 14.8 Å². The van der Waals surface area contributed by atoms with Crippen LogP contribution in [0.2, 0.25) is 0 Å². The first-order valence-electron chi connectivity index (χ1n) is 9.83. The molecule has 1 aromatic rings. The van der Waals surface area contributed by atoms with Crippen LogP contribution in [0, 0.1) is 0 Å². The second kappa shape index (κ2) is 8.35. The van der Waals surface area contributed by atoms with Crippen molar-refractivity contribution in [3.05, 3.63) is 12.2 Å². The fraction of sp³-hybridized carbons (Fsp3) is 0.778. The average Bonchev–Trinajstić information content (AvgIpc) is 3.15. The Hall–Kier alpha value is -2.00. The van der Waals surface area contributed by atoms with E-state index >= 15 is 0 Å². The van der Waals surface area contributed by atoms with Gasteiger partial charge in [0.05, 0.1) is 19.3 Å². The van der Waals surface area contributed by atoms with E-state index in [4.69, 9.17) is 9.47 Å². The van der Waals surface area contributed by atoms with Crippen LogP contribution in [-0.4, -0.2) is 89.0 Å². The van der Waals surface area contributed by atoms with Crippen molar-refractivity contribution in [3.8, 4) is 0 Å². The van der Waals surface area contributed by atoms with Gasteiger partial charge in [0.25, 0.3) is 0 Å². The molecule has 0 unspecified atom stereocenters. The number of ether oxygens (including phenoxy) is 2. The third-order valence-electron chi connectivity index (χ3n) is 5.71. The molecule has 27 heavy (non-hydrogen) atoms. The maximum absolute atomic E-state index is 12.4. The molecule has 148 valence electrons. The molecular formula is C18H27N5O4. The summed E-state index contributed by atoms with van der Waals surface area (Å²) < 4.78 is 12.8. The van der Waals surface area contributed by atoms with Gasteiger partial charge in [-0.1, -0.05) is 0 Å². The Kier molecular flexibility index (Phi) is 5.68. The van der Waals surface area contributed by atoms with Gasteiger partial charge in [-0.2, -0.15) is 0 Å². The lowest BCUT2D eigenvalue weighted by Crippen LogP contribution is -2.51. The molecule has 3 saturated heterocycles. The van der Waals surface area contributed by atoms with E-state index in [1.807, 2.05) is 4.90 Å². The lowest BCUT2D eigenvalue weighted by atomic mass is 9.98. The molecule has 9 heteroatoms. The molecule has 0 saturated carbocycles. The highest BCUT2D eigenvalue weighted by molar-refractivity contribution is 5.84. The van der Waals surface area contributed by atoms with E-state index in [1.54, 1.807) is 11.2 Å². The number of hydrogen-bond donors (Lipinski definition) is 0. The fourth-order valence-corrected chi connectivity index (χ4v) is 3.96. The van der Waals surface area contributed by atoms with Crippen LogP contribution in [0.1, 0.15) is 43.5 Å². The minimum atomic E-state index is 0.0457. The monoisotopic (exact) mass is 377 g/mol. The van der Waals surface area contributed by atoms with Gasteiger partial charge < -0.3 is 23.8 Å². The Bertz CT molecular complexity index is 660. The quantitative estimate of drug-likeness (QED) is 0.728. The summed E-state index contributed by atoms with van der Waals surface area (Å²) in [4.78, 5) is 28.2. The first kappa shape index (κ1) is 18.4. The summed E-state index contributed by atoms with van der Waals surface area (Å²) in [6.07, 6.45) is 4.27. The molecule has 2 amide bonds. The SMILES string of the molecule is O=C(CCC(=O)N1CC(n2cnnc2C2CCOCC2)C1)N1CCOCC1. The second-order valence-corrected chi connectivity index (χ2v) is 7.43. The van der Waals surface area contributed by atoms with E-state index in [-0.39, 0.29) is 30.7 Å². The van der Waals surface area contributed by atoms with E-state index in [1.165, 1.54) is 0 Å². The molecule has 0 spiro atoms. The predicted molar refractivity (Wildman–Crippen MR) is 95.1 cm³/mol. The number of hydrogen-bond acceptors (Lipinski definition) is 6. The summed E-state index contributed by atoms with van der Waals surface area (Å²) >= 11 is 0. The molecule has 3 aliphatic heterocycles. The third kappa shape index (κ3) is 4.14. The molecule has 9 nitrogen and oxygen atoms in total. The van der Waals surface area contributed by atoms with Gasteiger partial charge in [0, 0.05) is 58.2 Å². The first-order valence-corrected chi connectivity index (χ1v) is 9.83. The summed E-state index contributed by atoms with van der Waals surface area (Å²) in [5.41, 5.74) is 0. The number of aromatic nitrogens is 3. The maximum Gasteiger partial charge on any atom is 0.223 e. The zero-order valence-corrected chi connectivity index (χ0v) is 15.6. The van der Waals surface area contributed by atoms with Crippen molar-refractivity contribution < 1.29 is 19.1 Å². The number of rotatable bonds is 5. The van der Waals surface area contributed by atoms with Crippen LogP contribution in [0.15, 0.2) is 6.33 Å². The Morgan fingerprint density at radius 3 is 2.30 bits per heavy atom. The topological polar surface area (TPSA) is 89.8 Å². The maximum atomic E-state index is 12.4. The Balaban J connectivity index is 1.24. The molecular weight excluding hydrogens is 350 g/mol. The minimum Gasteiger partial charge on any atom is -0.381 e. The van der Waals surface area contributed by atoms with Gasteiger partial charge >= 0.3 is 0 Å². The molecule has 0 bridgehead atoms. The smallest absolute Gasteiger partial charge is 0.223 e. The zero-order chi connectivity index (χ0) is 18.6. The highest BCUT2D eigenvalue weighted by atomic mass is 16.5. The summed E-state index contributed by atoms with van der Waals surface area (Å²) in [6.45, 7) is 5.29. The van der Waals surface area contributed by atoms with Crippen molar-refractivity contribution >= 4 is 11.8 Å². The molecule has 0 aliphatic carbocycles. The van der Waals surface area contributed by atoms with Crippen molar-refractivity contribution in [1.82, 2.24) is 24.6 Å². The van der Waals surface area contributed by atoms with Crippen LogP contribution in [0.25, 0.3) is 0 Å². The van der Waals surface area contributed by atoms with Crippen LogP contribution >= 0.6 is 0 Å². The van der Waals surface area contributed by atoms with Gasteiger partial charge in [-0.15, -0.1) is 10.2 Å². The Labute approximate surface area is 158 Å². The van der Waals surface area contributed by atoms with Crippen molar-refractivity contribution in [1.29, 1.82) is 0 Å². The summed E-state index contributed by atoms with van der Waals surface area (Å²) in [5.74, 6) is 1.49. The van der Waals surface area contributed by atoms with Gasteiger partial charge in [-0.25, -0.2) is 0 Å². The molecule has 3 fully saturated rings. The van der Waals surface area contributed by atoms with Gasteiger partial charge in [0.2, 0.25) is 11.8 Å². The molecule has 0 aromatic carbocycles. The first-order chi connectivity index (χ1) is 13.2. The summed E-state index contributed by atoms with van der Waals surface area (Å²) in [5, 5.41) is 8.41. The van der Waals surface area contributed by atoms with Gasteiger partial charge in [0.15, 0.2) is 0 Å². The minimum absolute atomic E-state index is 0.0457. The van der Waals surface area contributed by atoms with Crippen LogP contribution in [0.5, 0.6) is 0 Å². The summed E-state index contributed by atoms with van der Waals surface area (Å²) in [6, 6.07) is 0.233. The lowest BCUT2D eigenvalue weighted by molar-refractivity contribution is -0.142.